The number of aromatic nitrogens is 1. The molecule has 1 aromatic carbocycles. The molecule has 142 valence electrons. The topological polar surface area (TPSA) is 108 Å². The minimum Gasteiger partial charge on any atom is -0.478 e. The van der Waals surface area contributed by atoms with Gasteiger partial charge in [-0.05, 0) is 31.5 Å². The Bertz CT molecular complexity index is 864. The molecule has 1 heterocycles. The summed E-state index contributed by atoms with van der Waals surface area (Å²) >= 11 is 2.76. The predicted molar refractivity (Wildman–Crippen MR) is 107 cm³/mol. The number of nitrogens with zero attached hydrogens (tertiary/aromatic N) is 1. The number of carbonyl (C=O) groups excluding carboxylic acids is 2. The Morgan fingerprint density at radius 2 is 2.07 bits per heavy atom. The van der Waals surface area contributed by atoms with Gasteiger partial charge in [-0.15, -0.1) is 23.1 Å². The predicted octanol–water partition coefficient (Wildman–Crippen LogP) is 3.54. The number of aliphatic carboxylic acids is 1. The first-order valence-electron chi connectivity index (χ1n) is 8.09. The molecular weight excluding hydrogens is 386 g/mol. The van der Waals surface area contributed by atoms with Gasteiger partial charge in [-0.25, -0.2) is 9.78 Å². The van der Waals surface area contributed by atoms with Gasteiger partial charge in [-0.3, -0.25) is 9.59 Å². The van der Waals surface area contributed by atoms with Crippen molar-refractivity contribution in [2.45, 2.75) is 30.4 Å². The summed E-state index contributed by atoms with van der Waals surface area (Å²) in [5.41, 5.74) is 1.38. The van der Waals surface area contributed by atoms with Crippen LogP contribution in [0, 0.1) is 6.92 Å². The van der Waals surface area contributed by atoms with Crippen LogP contribution in [0.25, 0.3) is 0 Å². The molecule has 7 nitrogen and oxygen atoms in total. The highest BCUT2D eigenvalue weighted by atomic mass is 32.2. The van der Waals surface area contributed by atoms with Gasteiger partial charge in [0.15, 0.2) is 5.13 Å². The van der Waals surface area contributed by atoms with Gasteiger partial charge >= 0.3 is 5.97 Å². The number of amides is 2. The lowest BCUT2D eigenvalue weighted by atomic mass is 10.3. The molecule has 0 aliphatic heterocycles. The summed E-state index contributed by atoms with van der Waals surface area (Å²) in [5, 5.41) is 16.1. The summed E-state index contributed by atoms with van der Waals surface area (Å²) in [7, 11) is 0. The molecule has 3 N–H and O–H groups in total. The molecule has 2 amide bonds. The first-order valence-corrected chi connectivity index (χ1v) is 9.85. The molecule has 0 aliphatic rings. The number of hydrogen-bond acceptors (Lipinski definition) is 6. The minimum absolute atomic E-state index is 0.129. The van der Waals surface area contributed by atoms with Crippen molar-refractivity contribution >= 4 is 51.7 Å². The average molecular weight is 406 g/mol. The van der Waals surface area contributed by atoms with E-state index in [2.05, 4.69) is 15.6 Å². The molecule has 1 unspecified atom stereocenters. The van der Waals surface area contributed by atoms with E-state index in [1.54, 1.807) is 18.2 Å². The third-order valence-electron chi connectivity index (χ3n) is 3.27. The van der Waals surface area contributed by atoms with Crippen molar-refractivity contribution in [3.63, 3.8) is 0 Å². The van der Waals surface area contributed by atoms with E-state index in [4.69, 9.17) is 5.11 Å². The van der Waals surface area contributed by atoms with Crippen molar-refractivity contribution in [3.8, 4) is 0 Å². The maximum absolute atomic E-state index is 12.5. The van der Waals surface area contributed by atoms with Crippen molar-refractivity contribution < 1.29 is 19.5 Å². The molecule has 0 radical (unpaired) electrons. The molecule has 27 heavy (non-hydrogen) atoms. The number of aryl methyl sites for hydroxylation is 1. The highest BCUT2D eigenvalue weighted by Gasteiger charge is 2.19. The number of carbonyl (C=O) groups is 3. The van der Waals surface area contributed by atoms with E-state index in [9.17, 15) is 14.4 Å². The van der Waals surface area contributed by atoms with Crippen LogP contribution in [0.5, 0.6) is 0 Å². The number of benzene rings is 1. The third-order valence-corrected chi connectivity index (χ3v) is 5.50. The SMILES string of the molecule is CCC(Sc1cccc(NC(=O)/C=C/C(=O)O)c1)C(=O)Nc1nc(C)cs1. The van der Waals surface area contributed by atoms with Gasteiger partial charge in [-0.1, -0.05) is 13.0 Å². The number of anilines is 2. The second-order valence-electron chi connectivity index (χ2n) is 5.49. The molecule has 0 spiro atoms. The van der Waals surface area contributed by atoms with Crippen LogP contribution < -0.4 is 10.6 Å². The van der Waals surface area contributed by atoms with Gasteiger partial charge in [0.2, 0.25) is 11.8 Å². The number of rotatable bonds is 8. The second-order valence-corrected chi connectivity index (χ2v) is 7.62. The standard InChI is InChI=1S/C18H19N3O4S2/c1-3-14(17(25)21-18-19-11(2)10-26-18)27-13-6-4-5-12(9-13)20-15(22)7-8-16(23)24/h4-10,14H,3H2,1-2H3,(H,20,22)(H,23,24)(H,19,21,25)/b8-7+. The van der Waals surface area contributed by atoms with Crippen molar-refractivity contribution in [1.82, 2.24) is 4.98 Å². The van der Waals surface area contributed by atoms with E-state index >= 15 is 0 Å². The van der Waals surface area contributed by atoms with Gasteiger partial charge in [0.05, 0.1) is 10.9 Å². The molecule has 2 aromatic rings. The van der Waals surface area contributed by atoms with E-state index in [1.807, 2.05) is 25.3 Å². The Hall–Kier alpha value is -2.65. The maximum atomic E-state index is 12.5. The summed E-state index contributed by atoms with van der Waals surface area (Å²) < 4.78 is 0. The summed E-state index contributed by atoms with van der Waals surface area (Å²) in [6.07, 6.45) is 2.34. The van der Waals surface area contributed by atoms with Crippen LogP contribution >= 0.6 is 23.1 Å². The minimum atomic E-state index is -1.19. The zero-order chi connectivity index (χ0) is 19.8. The van der Waals surface area contributed by atoms with Crippen molar-refractivity contribution in [1.29, 1.82) is 0 Å². The summed E-state index contributed by atoms with van der Waals surface area (Å²) in [5.74, 6) is -1.86. The molecule has 0 bridgehead atoms. The van der Waals surface area contributed by atoms with Gasteiger partial charge in [-0.2, -0.15) is 0 Å². The van der Waals surface area contributed by atoms with Gasteiger partial charge < -0.3 is 15.7 Å². The third kappa shape index (κ3) is 6.87. The maximum Gasteiger partial charge on any atom is 0.328 e. The van der Waals surface area contributed by atoms with Crippen LogP contribution in [0.4, 0.5) is 10.8 Å². The lowest BCUT2D eigenvalue weighted by Crippen LogP contribution is -2.24. The van der Waals surface area contributed by atoms with Crippen molar-refractivity contribution in [2.75, 3.05) is 10.6 Å². The van der Waals surface area contributed by atoms with Crippen LogP contribution in [-0.4, -0.2) is 33.1 Å². The molecule has 1 aromatic heterocycles. The number of thiazole rings is 1. The Kier molecular flexibility index (Phi) is 7.56. The number of thioether (sulfide) groups is 1. The zero-order valence-corrected chi connectivity index (χ0v) is 16.4. The molecule has 0 aliphatic carbocycles. The normalized spacial score (nSPS) is 11.9. The lowest BCUT2D eigenvalue weighted by molar-refractivity contribution is -0.131. The highest BCUT2D eigenvalue weighted by Crippen LogP contribution is 2.29. The summed E-state index contributed by atoms with van der Waals surface area (Å²) in [6.45, 7) is 3.79. The molecule has 1 atom stereocenters. The van der Waals surface area contributed by atoms with E-state index in [0.717, 1.165) is 22.7 Å². The van der Waals surface area contributed by atoms with Crippen molar-refractivity contribution in [2.24, 2.45) is 0 Å². The molecule has 2 rings (SSSR count). The van der Waals surface area contributed by atoms with E-state index < -0.39 is 11.9 Å². The van der Waals surface area contributed by atoms with Crippen LogP contribution in [0.15, 0.2) is 46.7 Å². The molecule has 0 saturated heterocycles. The first-order chi connectivity index (χ1) is 12.9. The van der Waals surface area contributed by atoms with Crippen molar-refractivity contribution in [3.05, 3.63) is 47.5 Å². The van der Waals surface area contributed by atoms with Crippen LogP contribution in [-0.2, 0) is 14.4 Å². The number of carboxylic acid groups (broad SMARTS) is 1. The zero-order valence-electron chi connectivity index (χ0n) is 14.8. The fraction of sp³-hybridized carbons (Fsp3) is 0.222. The Morgan fingerprint density at radius 3 is 2.70 bits per heavy atom. The average Bonchev–Trinajstić information content (AvgIpc) is 3.03. The number of nitrogens with one attached hydrogen (secondary N) is 2. The van der Waals surface area contributed by atoms with E-state index in [-0.39, 0.29) is 11.2 Å². The first kappa shape index (κ1) is 20.7. The molecule has 0 saturated carbocycles. The van der Waals surface area contributed by atoms with Crippen LogP contribution in [0.3, 0.4) is 0 Å². The second kappa shape index (κ2) is 9.89. The van der Waals surface area contributed by atoms with Crippen LogP contribution in [0.1, 0.15) is 19.0 Å². The van der Waals surface area contributed by atoms with Crippen LogP contribution in [0.2, 0.25) is 0 Å². The highest BCUT2D eigenvalue weighted by molar-refractivity contribution is 8.00. The summed E-state index contributed by atoms with van der Waals surface area (Å²) in [6, 6.07) is 7.03. The van der Waals surface area contributed by atoms with E-state index in [1.165, 1.54) is 23.1 Å². The van der Waals surface area contributed by atoms with E-state index in [0.29, 0.717) is 17.2 Å². The fourth-order valence-corrected chi connectivity index (χ4v) is 3.77. The fourth-order valence-electron chi connectivity index (χ4n) is 2.06. The quantitative estimate of drug-likeness (QED) is 0.458. The Balaban J connectivity index is 2.01. The Morgan fingerprint density at radius 1 is 1.30 bits per heavy atom. The lowest BCUT2D eigenvalue weighted by Gasteiger charge is -2.14. The largest absolute Gasteiger partial charge is 0.478 e. The Labute approximate surface area is 164 Å². The molecular formula is C18H19N3O4S2. The monoisotopic (exact) mass is 405 g/mol. The smallest absolute Gasteiger partial charge is 0.328 e. The molecule has 0 fully saturated rings. The summed E-state index contributed by atoms with van der Waals surface area (Å²) in [4.78, 5) is 39.6. The number of carboxylic acids is 1. The number of hydrogen-bond donors (Lipinski definition) is 3. The van der Waals surface area contributed by atoms with Gasteiger partial charge in [0.1, 0.15) is 0 Å². The van der Waals surface area contributed by atoms with Gasteiger partial charge in [0, 0.05) is 28.1 Å². The van der Waals surface area contributed by atoms with Gasteiger partial charge in [0.25, 0.3) is 0 Å². The molecule has 9 heteroatoms.